The number of primary amides is 1. The van der Waals surface area contributed by atoms with Gasteiger partial charge in [0.1, 0.15) is 17.2 Å². The number of fused-ring (bicyclic) bond motifs is 2. The lowest BCUT2D eigenvalue weighted by Gasteiger charge is -2.36. The van der Waals surface area contributed by atoms with Gasteiger partial charge in [0.2, 0.25) is 5.91 Å². The van der Waals surface area contributed by atoms with Crippen molar-refractivity contribution in [1.82, 2.24) is 4.98 Å². The summed E-state index contributed by atoms with van der Waals surface area (Å²) in [6, 6.07) is 3.97. The number of carbonyl (C=O) groups excluding carboxylic acids is 1. The predicted molar refractivity (Wildman–Crippen MR) is 138 cm³/mol. The van der Waals surface area contributed by atoms with Crippen LogP contribution in [0, 0.1) is 20.8 Å². The van der Waals surface area contributed by atoms with Crippen LogP contribution in [0.15, 0.2) is 17.0 Å². The van der Waals surface area contributed by atoms with Gasteiger partial charge in [-0.25, -0.2) is 17.7 Å². The molecule has 2 aliphatic rings. The van der Waals surface area contributed by atoms with Crippen LogP contribution in [-0.2, 0) is 34.1 Å². The normalized spacial score (nSPS) is 16.9. The highest BCUT2D eigenvalue weighted by Gasteiger charge is 2.37. The van der Waals surface area contributed by atoms with Gasteiger partial charge in [-0.15, -0.1) is 0 Å². The second-order valence-corrected chi connectivity index (χ2v) is 12.3. The van der Waals surface area contributed by atoms with Crippen molar-refractivity contribution < 1.29 is 17.9 Å². The summed E-state index contributed by atoms with van der Waals surface area (Å²) in [5, 5.41) is 0. The molecule has 0 unspecified atom stereocenters. The molecule has 2 N–H and O–H groups in total. The van der Waals surface area contributed by atoms with E-state index in [2.05, 4.69) is 13.8 Å². The Kier molecular flexibility index (Phi) is 6.88. The first-order valence-corrected chi connectivity index (χ1v) is 14.0. The van der Waals surface area contributed by atoms with Gasteiger partial charge in [-0.3, -0.25) is 4.79 Å². The van der Waals surface area contributed by atoms with E-state index in [-0.39, 0.29) is 11.5 Å². The quantitative estimate of drug-likeness (QED) is 0.567. The fourth-order valence-corrected chi connectivity index (χ4v) is 7.30. The predicted octanol–water partition coefficient (Wildman–Crippen LogP) is 4.45. The van der Waals surface area contributed by atoms with Crippen LogP contribution in [0.2, 0.25) is 0 Å². The number of aromatic nitrogens is 1. The summed E-state index contributed by atoms with van der Waals surface area (Å²) < 4.78 is 36.2. The number of aryl methyl sites for hydroxylation is 2. The number of benzene rings is 1. The molecule has 3 heterocycles. The van der Waals surface area contributed by atoms with Crippen LogP contribution in [-0.4, -0.2) is 31.5 Å². The van der Waals surface area contributed by atoms with E-state index in [1.807, 2.05) is 32.9 Å². The van der Waals surface area contributed by atoms with E-state index < -0.39 is 10.0 Å². The Labute approximate surface area is 209 Å². The minimum Gasteiger partial charge on any atom is -0.487 e. The lowest BCUT2D eigenvalue weighted by molar-refractivity contribution is -0.118. The average molecular weight is 500 g/mol. The van der Waals surface area contributed by atoms with E-state index in [0.717, 1.165) is 71.4 Å². The van der Waals surface area contributed by atoms with E-state index in [9.17, 15) is 13.2 Å². The van der Waals surface area contributed by atoms with E-state index in [4.69, 9.17) is 15.5 Å². The van der Waals surface area contributed by atoms with Gasteiger partial charge in [-0.1, -0.05) is 6.07 Å². The summed E-state index contributed by atoms with van der Waals surface area (Å²) in [6.45, 7) is 10.3. The largest absolute Gasteiger partial charge is 0.487 e. The van der Waals surface area contributed by atoms with Gasteiger partial charge >= 0.3 is 0 Å². The van der Waals surface area contributed by atoms with Gasteiger partial charge in [0.05, 0.1) is 4.90 Å². The van der Waals surface area contributed by atoms with Crippen LogP contribution in [0.1, 0.15) is 79.5 Å². The van der Waals surface area contributed by atoms with Crippen molar-refractivity contribution in [3.05, 3.63) is 45.6 Å². The average Bonchev–Trinajstić information content (AvgIpc) is 2.79. The van der Waals surface area contributed by atoms with E-state index in [0.29, 0.717) is 36.5 Å². The number of nitrogens with zero attached hydrogens (tertiary/aromatic N) is 2. The topological polar surface area (TPSA) is 103 Å². The third kappa shape index (κ3) is 4.90. The maximum atomic E-state index is 14.2. The Balaban J connectivity index is 1.72. The number of pyridine rings is 1. The molecule has 0 fully saturated rings. The molecule has 1 aromatic carbocycles. The molecule has 0 saturated carbocycles. The van der Waals surface area contributed by atoms with E-state index in [1.165, 1.54) is 4.31 Å². The molecule has 2 aliphatic heterocycles. The second-order valence-electron chi connectivity index (χ2n) is 10.5. The fraction of sp³-hybridized carbons (Fsp3) is 0.556. The summed E-state index contributed by atoms with van der Waals surface area (Å²) in [6.07, 6.45) is 5.70. The summed E-state index contributed by atoms with van der Waals surface area (Å²) in [4.78, 5) is 16.2. The number of carbonyl (C=O) groups is 1. The van der Waals surface area contributed by atoms with Crippen LogP contribution in [0.5, 0.6) is 5.75 Å². The van der Waals surface area contributed by atoms with Crippen LogP contribution in [0.3, 0.4) is 0 Å². The van der Waals surface area contributed by atoms with Gasteiger partial charge in [-0.05, 0) is 113 Å². The van der Waals surface area contributed by atoms with Crippen LogP contribution in [0.25, 0.3) is 0 Å². The highest BCUT2D eigenvalue weighted by Crippen LogP contribution is 2.43. The third-order valence-electron chi connectivity index (χ3n) is 7.38. The summed E-state index contributed by atoms with van der Waals surface area (Å²) in [5.41, 5.74) is 10.2. The summed E-state index contributed by atoms with van der Waals surface area (Å²) in [5.74, 6) is 1.07. The minimum atomic E-state index is -3.82. The zero-order chi connectivity index (χ0) is 25.5. The SMILES string of the molecule is Cc1c(C)c(S(=O)(=O)N2CCCc3ccc(CCCCC(N)=O)nc32)c(C)c2c1OC(C)(C)CC2. The zero-order valence-electron chi connectivity index (χ0n) is 21.5. The van der Waals surface area contributed by atoms with Gasteiger partial charge in [0.25, 0.3) is 10.0 Å². The monoisotopic (exact) mass is 499 g/mol. The molecule has 0 atom stereocenters. The maximum absolute atomic E-state index is 14.2. The minimum absolute atomic E-state index is 0.263. The molecule has 7 nitrogen and oxygen atoms in total. The highest BCUT2D eigenvalue weighted by atomic mass is 32.2. The number of nitrogens with two attached hydrogens (primary N) is 1. The molecular weight excluding hydrogens is 462 g/mol. The van der Waals surface area contributed by atoms with Gasteiger partial charge in [0.15, 0.2) is 0 Å². The van der Waals surface area contributed by atoms with Crippen LogP contribution in [0.4, 0.5) is 5.82 Å². The molecule has 4 rings (SSSR count). The summed E-state index contributed by atoms with van der Waals surface area (Å²) >= 11 is 0. The number of anilines is 1. The van der Waals surface area contributed by atoms with Crippen molar-refractivity contribution >= 4 is 21.7 Å². The lowest BCUT2D eigenvalue weighted by atomic mass is 9.88. The van der Waals surface area contributed by atoms with Gasteiger partial charge in [0, 0.05) is 18.7 Å². The van der Waals surface area contributed by atoms with Crippen molar-refractivity contribution in [3.8, 4) is 5.75 Å². The Morgan fingerprint density at radius 3 is 2.57 bits per heavy atom. The first-order valence-electron chi connectivity index (χ1n) is 12.5. The molecule has 0 spiro atoms. The molecule has 0 bridgehead atoms. The maximum Gasteiger partial charge on any atom is 0.266 e. The standard InChI is InChI=1S/C27H37N3O4S/c1-17-18(2)25(19(3)22-14-15-27(4,5)34-24(17)22)35(32,33)30-16-8-9-20-12-13-21(29-26(20)30)10-6-7-11-23(28)31/h12-13H,6-11,14-16H2,1-5H3,(H2,28,31). The number of ether oxygens (including phenoxy) is 1. The first kappa shape index (κ1) is 25.5. The Bertz CT molecular complexity index is 1270. The molecule has 190 valence electrons. The van der Waals surface area contributed by atoms with E-state index >= 15 is 0 Å². The molecule has 2 aromatic rings. The Morgan fingerprint density at radius 1 is 1.11 bits per heavy atom. The number of sulfonamides is 1. The first-order chi connectivity index (χ1) is 16.4. The Morgan fingerprint density at radius 2 is 1.86 bits per heavy atom. The molecule has 1 aromatic heterocycles. The van der Waals surface area contributed by atoms with Crippen molar-refractivity contribution in [2.24, 2.45) is 5.73 Å². The smallest absolute Gasteiger partial charge is 0.266 e. The highest BCUT2D eigenvalue weighted by molar-refractivity contribution is 7.93. The number of hydrogen-bond acceptors (Lipinski definition) is 5. The fourth-order valence-electron chi connectivity index (χ4n) is 5.27. The molecule has 35 heavy (non-hydrogen) atoms. The molecule has 8 heteroatoms. The molecular formula is C27H37N3O4S. The van der Waals surface area contributed by atoms with Gasteiger partial charge < -0.3 is 10.5 Å². The van der Waals surface area contributed by atoms with Crippen LogP contribution < -0.4 is 14.8 Å². The zero-order valence-corrected chi connectivity index (χ0v) is 22.3. The molecule has 0 aliphatic carbocycles. The summed E-state index contributed by atoms with van der Waals surface area (Å²) in [7, 11) is -3.82. The van der Waals surface area contributed by atoms with Crippen molar-refractivity contribution in [1.29, 1.82) is 0 Å². The van der Waals surface area contributed by atoms with Gasteiger partial charge in [-0.2, -0.15) is 0 Å². The van der Waals surface area contributed by atoms with Crippen molar-refractivity contribution in [2.45, 2.75) is 96.5 Å². The number of amides is 1. The third-order valence-corrected chi connectivity index (χ3v) is 9.44. The lowest BCUT2D eigenvalue weighted by Crippen LogP contribution is -2.38. The Hall–Kier alpha value is -2.61. The molecule has 0 radical (unpaired) electrons. The number of rotatable bonds is 7. The van der Waals surface area contributed by atoms with Crippen LogP contribution >= 0.6 is 0 Å². The van der Waals surface area contributed by atoms with Crippen molar-refractivity contribution in [2.75, 3.05) is 10.8 Å². The second kappa shape index (κ2) is 9.45. The van der Waals surface area contributed by atoms with Crippen molar-refractivity contribution in [3.63, 3.8) is 0 Å². The number of unbranched alkanes of at least 4 members (excludes halogenated alkanes) is 1. The number of hydrogen-bond donors (Lipinski definition) is 1. The molecule has 0 saturated heterocycles. The van der Waals surface area contributed by atoms with E-state index in [1.54, 1.807) is 0 Å². The molecule has 1 amide bonds.